The number of guanidine groups is 1. The summed E-state index contributed by atoms with van der Waals surface area (Å²) in [6, 6.07) is 0. The number of nitrogens with one attached hydrogen (secondary N) is 2. The summed E-state index contributed by atoms with van der Waals surface area (Å²) in [5, 5.41) is 9.98. The Morgan fingerprint density at radius 1 is 1.22 bits per heavy atom. The van der Waals surface area contributed by atoms with Crippen LogP contribution in [0.1, 0.15) is 69.0 Å². The van der Waals surface area contributed by atoms with E-state index in [4.69, 9.17) is 4.74 Å². The zero-order valence-electron chi connectivity index (χ0n) is 17.0. The van der Waals surface area contributed by atoms with Gasteiger partial charge >= 0.3 is 0 Å². The Kier molecular flexibility index (Phi) is 14.1. The zero-order chi connectivity index (χ0) is 18.5. The fourth-order valence-electron chi connectivity index (χ4n) is 3.24. The van der Waals surface area contributed by atoms with Gasteiger partial charge in [-0.1, -0.05) is 25.7 Å². The second kappa shape index (κ2) is 15.5. The first-order valence-electron chi connectivity index (χ1n) is 10.3. The van der Waals surface area contributed by atoms with Crippen LogP contribution < -0.4 is 10.6 Å². The van der Waals surface area contributed by atoms with Crippen molar-refractivity contribution in [2.75, 3.05) is 26.2 Å². The maximum Gasteiger partial charge on any atom is 0.191 e. The SMILES string of the molecule is CCNC(=NCCCCOC1CCCCCC1)NCCc1csc(C)n1.I. The molecule has 0 aliphatic heterocycles. The van der Waals surface area contributed by atoms with Crippen molar-refractivity contribution in [2.45, 2.75) is 77.7 Å². The quantitative estimate of drug-likeness (QED) is 0.158. The fraction of sp³-hybridized carbons (Fsp3) is 0.800. The third kappa shape index (κ3) is 11.2. The lowest BCUT2D eigenvalue weighted by Crippen LogP contribution is -2.38. The van der Waals surface area contributed by atoms with Crippen LogP contribution in [0, 0.1) is 6.92 Å². The Morgan fingerprint density at radius 2 is 2.00 bits per heavy atom. The summed E-state index contributed by atoms with van der Waals surface area (Å²) in [5.74, 6) is 0.907. The summed E-state index contributed by atoms with van der Waals surface area (Å²) in [5.41, 5.74) is 1.16. The van der Waals surface area contributed by atoms with E-state index < -0.39 is 0 Å². The molecule has 1 saturated carbocycles. The van der Waals surface area contributed by atoms with Crippen LogP contribution >= 0.6 is 35.3 Å². The summed E-state index contributed by atoms with van der Waals surface area (Å²) in [4.78, 5) is 9.17. The molecule has 0 amide bonds. The summed E-state index contributed by atoms with van der Waals surface area (Å²) in [6.45, 7) is 7.62. The van der Waals surface area contributed by atoms with E-state index >= 15 is 0 Å². The highest BCUT2D eigenvalue weighted by Gasteiger charge is 2.11. The zero-order valence-corrected chi connectivity index (χ0v) is 20.1. The Bertz CT molecular complexity index is 516. The minimum Gasteiger partial charge on any atom is -0.378 e. The van der Waals surface area contributed by atoms with Crippen molar-refractivity contribution in [1.82, 2.24) is 15.6 Å². The van der Waals surface area contributed by atoms with Gasteiger partial charge in [0.2, 0.25) is 0 Å². The van der Waals surface area contributed by atoms with Gasteiger partial charge in [-0.2, -0.15) is 0 Å². The molecule has 156 valence electrons. The molecule has 1 aliphatic carbocycles. The fourth-order valence-corrected chi connectivity index (χ4v) is 3.88. The van der Waals surface area contributed by atoms with Gasteiger partial charge in [-0.15, -0.1) is 35.3 Å². The Hall–Kier alpha value is -0.410. The number of halogens is 1. The van der Waals surface area contributed by atoms with E-state index in [0.29, 0.717) is 6.10 Å². The topological polar surface area (TPSA) is 58.5 Å². The molecule has 2 N–H and O–H groups in total. The van der Waals surface area contributed by atoms with Crippen LogP contribution in [0.2, 0.25) is 0 Å². The highest BCUT2D eigenvalue weighted by Crippen LogP contribution is 2.19. The average molecular weight is 509 g/mol. The first-order chi connectivity index (χ1) is 12.8. The van der Waals surface area contributed by atoms with Gasteiger partial charge in [-0.25, -0.2) is 4.98 Å². The van der Waals surface area contributed by atoms with Crippen molar-refractivity contribution in [2.24, 2.45) is 4.99 Å². The van der Waals surface area contributed by atoms with E-state index in [0.717, 1.165) is 62.2 Å². The van der Waals surface area contributed by atoms with Crippen molar-refractivity contribution in [3.8, 4) is 0 Å². The Balaban J connectivity index is 0.00000364. The number of ether oxygens (including phenoxy) is 1. The second-order valence-electron chi connectivity index (χ2n) is 6.99. The molecule has 0 saturated heterocycles. The summed E-state index contributed by atoms with van der Waals surface area (Å²) < 4.78 is 6.05. The van der Waals surface area contributed by atoms with E-state index in [2.05, 4.69) is 32.9 Å². The van der Waals surface area contributed by atoms with Gasteiger partial charge in [-0.05, 0) is 39.5 Å². The van der Waals surface area contributed by atoms with Gasteiger partial charge < -0.3 is 15.4 Å². The number of unbranched alkanes of at least 4 members (excludes halogenated alkanes) is 1. The molecule has 0 radical (unpaired) electrons. The van der Waals surface area contributed by atoms with Gasteiger partial charge in [-0.3, -0.25) is 4.99 Å². The second-order valence-corrected chi connectivity index (χ2v) is 8.05. The van der Waals surface area contributed by atoms with Crippen molar-refractivity contribution in [1.29, 1.82) is 0 Å². The van der Waals surface area contributed by atoms with E-state index in [1.54, 1.807) is 11.3 Å². The van der Waals surface area contributed by atoms with Crippen molar-refractivity contribution in [3.05, 3.63) is 16.1 Å². The Labute approximate surface area is 186 Å². The van der Waals surface area contributed by atoms with E-state index in [1.165, 1.54) is 38.5 Å². The third-order valence-electron chi connectivity index (χ3n) is 4.66. The van der Waals surface area contributed by atoms with Crippen molar-refractivity contribution < 1.29 is 4.74 Å². The summed E-state index contributed by atoms with van der Waals surface area (Å²) >= 11 is 1.71. The van der Waals surface area contributed by atoms with Gasteiger partial charge in [0.25, 0.3) is 0 Å². The number of hydrogen-bond donors (Lipinski definition) is 2. The van der Waals surface area contributed by atoms with Gasteiger partial charge in [0, 0.05) is 38.0 Å². The largest absolute Gasteiger partial charge is 0.378 e. The van der Waals surface area contributed by atoms with Crippen LogP contribution in [0.5, 0.6) is 0 Å². The van der Waals surface area contributed by atoms with E-state index in [1.807, 2.05) is 6.92 Å². The molecule has 0 spiro atoms. The first kappa shape index (κ1) is 24.6. The molecule has 27 heavy (non-hydrogen) atoms. The number of aromatic nitrogens is 1. The maximum absolute atomic E-state index is 6.05. The lowest BCUT2D eigenvalue weighted by atomic mass is 10.1. The molecule has 1 aromatic heterocycles. The normalized spacial score (nSPS) is 15.9. The van der Waals surface area contributed by atoms with Crippen molar-refractivity contribution in [3.63, 3.8) is 0 Å². The molecule has 0 aromatic carbocycles. The molecular weight excluding hydrogens is 471 g/mol. The standard InChI is InChI=1S/C20H36N4OS.HI/c1-3-21-20(23-14-12-18-16-26-17(2)24-18)22-13-8-9-15-25-19-10-6-4-5-7-11-19;/h16,19H,3-15H2,1-2H3,(H2,21,22,23);1H. The van der Waals surface area contributed by atoms with Crippen LogP contribution in [0.15, 0.2) is 10.4 Å². The summed E-state index contributed by atoms with van der Waals surface area (Å²) in [6.07, 6.45) is 11.6. The molecule has 0 unspecified atom stereocenters. The van der Waals surface area contributed by atoms with Crippen LogP contribution in [-0.2, 0) is 11.2 Å². The number of aryl methyl sites for hydroxylation is 1. The molecule has 7 heteroatoms. The average Bonchev–Trinajstić information content (AvgIpc) is 2.88. The number of thiazole rings is 1. The highest BCUT2D eigenvalue weighted by atomic mass is 127. The number of aliphatic imine (C=N–C) groups is 1. The van der Waals surface area contributed by atoms with E-state index in [9.17, 15) is 0 Å². The molecule has 0 bridgehead atoms. The number of rotatable bonds is 10. The van der Waals surface area contributed by atoms with Gasteiger partial charge in [0.15, 0.2) is 5.96 Å². The summed E-state index contributed by atoms with van der Waals surface area (Å²) in [7, 11) is 0. The van der Waals surface area contributed by atoms with Crippen molar-refractivity contribution >= 4 is 41.3 Å². The van der Waals surface area contributed by atoms with Gasteiger partial charge in [0.05, 0.1) is 16.8 Å². The molecule has 1 aliphatic rings. The van der Waals surface area contributed by atoms with Gasteiger partial charge in [0.1, 0.15) is 0 Å². The minimum absolute atomic E-state index is 0. The molecule has 2 rings (SSSR count). The van der Waals surface area contributed by atoms with Crippen LogP contribution in [0.4, 0.5) is 0 Å². The smallest absolute Gasteiger partial charge is 0.191 e. The molecule has 1 heterocycles. The molecule has 0 atom stereocenters. The van der Waals surface area contributed by atoms with Crippen LogP contribution in [0.3, 0.4) is 0 Å². The van der Waals surface area contributed by atoms with Crippen LogP contribution in [0.25, 0.3) is 0 Å². The van der Waals surface area contributed by atoms with Crippen LogP contribution in [-0.4, -0.2) is 43.3 Å². The third-order valence-corrected chi connectivity index (χ3v) is 5.48. The molecular formula is C20H37IN4OS. The molecule has 5 nitrogen and oxygen atoms in total. The first-order valence-corrected chi connectivity index (χ1v) is 11.2. The maximum atomic E-state index is 6.05. The van der Waals surface area contributed by atoms with E-state index in [-0.39, 0.29) is 24.0 Å². The molecule has 1 aromatic rings. The minimum atomic E-state index is 0. The highest BCUT2D eigenvalue weighted by molar-refractivity contribution is 14.0. The number of hydrogen-bond acceptors (Lipinski definition) is 4. The molecule has 1 fully saturated rings. The predicted molar refractivity (Wildman–Crippen MR) is 127 cm³/mol. The monoisotopic (exact) mass is 508 g/mol. The number of nitrogens with zero attached hydrogens (tertiary/aromatic N) is 2. The lowest BCUT2D eigenvalue weighted by molar-refractivity contribution is 0.0413. The Morgan fingerprint density at radius 3 is 2.67 bits per heavy atom. The predicted octanol–water partition coefficient (Wildman–Crippen LogP) is 4.69. The lowest BCUT2D eigenvalue weighted by Gasteiger charge is -2.15.